The summed E-state index contributed by atoms with van der Waals surface area (Å²) in [4.78, 5) is 26.1. The largest absolute Gasteiger partial charge is 0.400 e. The maximum Gasteiger partial charge on any atom is 0.223 e. The van der Waals surface area contributed by atoms with Crippen molar-refractivity contribution >= 4 is 11.7 Å². The minimum atomic E-state index is -0.212. The maximum absolute atomic E-state index is 12.7. The Balaban J connectivity index is 0.00000232. The van der Waals surface area contributed by atoms with Crippen LogP contribution in [0.15, 0.2) is 0 Å². The highest BCUT2D eigenvalue weighted by molar-refractivity contribution is 5.79. The molecule has 0 aromatic heterocycles. The van der Waals surface area contributed by atoms with Gasteiger partial charge in [0.15, 0.2) is 0 Å². The van der Waals surface area contributed by atoms with Crippen LogP contribution in [0.1, 0.15) is 60.3 Å². The van der Waals surface area contributed by atoms with Crippen LogP contribution in [0.3, 0.4) is 0 Å². The molecule has 0 aromatic rings. The third kappa shape index (κ3) is 6.22. The zero-order valence-corrected chi connectivity index (χ0v) is 15.9. The summed E-state index contributed by atoms with van der Waals surface area (Å²) in [6.07, 6.45) is 3.07. The van der Waals surface area contributed by atoms with Crippen LogP contribution in [-0.4, -0.2) is 55.1 Å². The van der Waals surface area contributed by atoms with Crippen LogP contribution in [0.4, 0.5) is 0 Å². The lowest BCUT2D eigenvalue weighted by atomic mass is 9.63. The molecule has 5 nitrogen and oxygen atoms in total. The number of nitrogens with zero attached hydrogens (tertiary/aromatic N) is 1. The normalized spacial score (nSPS) is 18.4. The van der Waals surface area contributed by atoms with Crippen LogP contribution in [0, 0.1) is 10.8 Å². The summed E-state index contributed by atoms with van der Waals surface area (Å²) in [5.74, 6) is 0.370. The van der Waals surface area contributed by atoms with Gasteiger partial charge in [-0.3, -0.25) is 4.79 Å². The van der Waals surface area contributed by atoms with Crippen molar-refractivity contribution in [2.45, 2.75) is 66.3 Å². The van der Waals surface area contributed by atoms with Crippen molar-refractivity contribution in [3.63, 3.8) is 0 Å². The number of aliphatic hydroxyl groups excluding tert-OH is 1. The quantitative estimate of drug-likeness (QED) is 0.780. The summed E-state index contributed by atoms with van der Waals surface area (Å²) in [7, 11) is 2.68. The van der Waals surface area contributed by atoms with Crippen molar-refractivity contribution in [1.82, 2.24) is 4.90 Å². The van der Waals surface area contributed by atoms with Crippen molar-refractivity contribution in [3.8, 4) is 0 Å². The molecular formula is C18H35NO4. The summed E-state index contributed by atoms with van der Waals surface area (Å²) in [5.41, 5.74) is -0.402. The number of hydrogen-bond acceptors (Lipinski definition) is 4. The molecule has 1 amide bonds. The fourth-order valence-electron chi connectivity index (χ4n) is 3.11. The van der Waals surface area contributed by atoms with E-state index in [0.29, 0.717) is 19.4 Å². The predicted octanol–water partition coefficient (Wildman–Crippen LogP) is 2.65. The number of carbonyl (C=O) groups is 2. The molecule has 1 saturated heterocycles. The second kappa shape index (κ2) is 9.38. The molecule has 1 aliphatic rings. The molecule has 1 atom stereocenters. The Morgan fingerprint density at radius 1 is 1.13 bits per heavy atom. The van der Waals surface area contributed by atoms with Crippen molar-refractivity contribution in [2.24, 2.45) is 10.8 Å². The Kier molecular flexibility index (Phi) is 9.00. The summed E-state index contributed by atoms with van der Waals surface area (Å²) in [6.45, 7) is 11.4. The molecule has 0 aromatic carbocycles. The van der Waals surface area contributed by atoms with Gasteiger partial charge in [0.1, 0.15) is 5.78 Å². The number of aliphatic hydroxyl groups is 1. The van der Waals surface area contributed by atoms with Gasteiger partial charge in [-0.2, -0.15) is 0 Å². The number of methoxy groups -OCH3 is 1. The number of Topliss-reactive ketones (excluding diaryl/α,β-unsaturated/α-hetero) is 1. The highest BCUT2D eigenvalue weighted by atomic mass is 16.5. The van der Waals surface area contributed by atoms with Gasteiger partial charge in [0.05, 0.1) is 12.6 Å². The summed E-state index contributed by atoms with van der Waals surface area (Å²) in [6, 6.07) is 0.217. The molecular weight excluding hydrogens is 294 g/mol. The average molecular weight is 329 g/mol. The number of amides is 1. The summed E-state index contributed by atoms with van der Waals surface area (Å²) in [5, 5.41) is 7.00. The van der Waals surface area contributed by atoms with Crippen LogP contribution < -0.4 is 0 Å². The van der Waals surface area contributed by atoms with Gasteiger partial charge in [0.2, 0.25) is 5.91 Å². The van der Waals surface area contributed by atoms with Crippen LogP contribution >= 0.6 is 0 Å². The van der Waals surface area contributed by atoms with E-state index in [1.165, 1.54) is 0 Å². The van der Waals surface area contributed by atoms with Crippen LogP contribution in [0.25, 0.3) is 0 Å². The third-order valence-corrected chi connectivity index (χ3v) is 5.17. The number of rotatable bonds is 7. The molecule has 1 unspecified atom stereocenters. The molecule has 1 rings (SSSR count). The SMILES string of the molecule is CO.COCC1CCCN1C(=O)CC(C)(C)C(C)(C)CC(C)=O. The molecule has 5 heteroatoms. The predicted molar refractivity (Wildman–Crippen MR) is 92.2 cm³/mol. The third-order valence-electron chi connectivity index (χ3n) is 5.17. The first-order chi connectivity index (χ1) is 10.6. The zero-order chi connectivity index (χ0) is 18.3. The van der Waals surface area contributed by atoms with Gasteiger partial charge >= 0.3 is 0 Å². The van der Waals surface area contributed by atoms with E-state index in [1.54, 1.807) is 14.0 Å². The fraction of sp³-hybridized carbons (Fsp3) is 0.889. The van der Waals surface area contributed by atoms with E-state index < -0.39 is 0 Å². The van der Waals surface area contributed by atoms with E-state index in [1.807, 2.05) is 4.90 Å². The van der Waals surface area contributed by atoms with Crippen LogP contribution in [-0.2, 0) is 14.3 Å². The Hall–Kier alpha value is -0.940. The summed E-state index contributed by atoms with van der Waals surface area (Å²) < 4.78 is 5.22. The molecule has 0 radical (unpaired) electrons. The smallest absolute Gasteiger partial charge is 0.223 e. The first-order valence-corrected chi connectivity index (χ1v) is 8.33. The van der Waals surface area contributed by atoms with E-state index in [9.17, 15) is 9.59 Å². The van der Waals surface area contributed by atoms with Crippen LogP contribution in [0.5, 0.6) is 0 Å². The van der Waals surface area contributed by atoms with Gasteiger partial charge in [0.25, 0.3) is 0 Å². The van der Waals surface area contributed by atoms with E-state index in [0.717, 1.165) is 26.5 Å². The maximum atomic E-state index is 12.7. The standard InChI is InChI=1S/C17H31NO3.CH4O/c1-13(19)10-16(2,3)17(4,5)11-15(20)18-9-7-8-14(18)12-21-6;1-2/h14H,7-12H2,1-6H3;2H,1H3. The lowest BCUT2D eigenvalue weighted by molar-refractivity contribution is -0.138. The number of hydrogen-bond donors (Lipinski definition) is 1. The molecule has 0 saturated carbocycles. The zero-order valence-electron chi connectivity index (χ0n) is 15.9. The monoisotopic (exact) mass is 329 g/mol. The minimum absolute atomic E-state index is 0.180. The van der Waals surface area contributed by atoms with E-state index in [-0.39, 0.29) is 28.6 Å². The van der Waals surface area contributed by atoms with Gasteiger partial charge in [0, 0.05) is 33.6 Å². The van der Waals surface area contributed by atoms with Crippen LogP contribution in [0.2, 0.25) is 0 Å². The lowest BCUT2D eigenvalue weighted by Crippen LogP contribution is -2.43. The van der Waals surface area contributed by atoms with E-state index in [2.05, 4.69) is 27.7 Å². The first-order valence-electron chi connectivity index (χ1n) is 8.33. The Morgan fingerprint density at radius 3 is 2.13 bits per heavy atom. The van der Waals surface area contributed by atoms with E-state index >= 15 is 0 Å². The number of carbonyl (C=O) groups excluding carboxylic acids is 2. The van der Waals surface area contributed by atoms with Gasteiger partial charge in [-0.15, -0.1) is 0 Å². The second-order valence-electron chi connectivity index (χ2n) is 7.66. The van der Waals surface area contributed by atoms with Crippen molar-refractivity contribution in [3.05, 3.63) is 0 Å². The molecule has 1 N–H and O–H groups in total. The lowest BCUT2D eigenvalue weighted by Gasteiger charge is -2.42. The Labute approximate surface area is 141 Å². The summed E-state index contributed by atoms with van der Waals surface area (Å²) >= 11 is 0. The molecule has 0 spiro atoms. The number of ether oxygens (including phenoxy) is 1. The van der Waals surface area contributed by atoms with Gasteiger partial charge in [-0.05, 0) is 30.6 Å². The molecule has 1 aliphatic heterocycles. The molecule has 1 fully saturated rings. The molecule has 0 aliphatic carbocycles. The molecule has 136 valence electrons. The van der Waals surface area contributed by atoms with Gasteiger partial charge in [-0.1, -0.05) is 27.7 Å². The molecule has 0 bridgehead atoms. The highest BCUT2D eigenvalue weighted by Gasteiger charge is 2.41. The first kappa shape index (κ1) is 22.1. The molecule has 23 heavy (non-hydrogen) atoms. The Morgan fingerprint density at radius 2 is 1.65 bits per heavy atom. The second-order valence-corrected chi connectivity index (χ2v) is 7.66. The fourth-order valence-corrected chi connectivity index (χ4v) is 3.11. The highest BCUT2D eigenvalue weighted by Crippen LogP contribution is 2.44. The average Bonchev–Trinajstić information content (AvgIpc) is 2.87. The van der Waals surface area contributed by atoms with Gasteiger partial charge < -0.3 is 19.5 Å². The Bertz CT molecular complexity index is 390. The number of ketones is 1. The minimum Gasteiger partial charge on any atom is -0.400 e. The van der Waals surface area contributed by atoms with Crippen molar-refractivity contribution in [1.29, 1.82) is 0 Å². The van der Waals surface area contributed by atoms with E-state index in [4.69, 9.17) is 9.84 Å². The van der Waals surface area contributed by atoms with Crippen molar-refractivity contribution in [2.75, 3.05) is 27.4 Å². The molecule has 1 heterocycles. The van der Waals surface area contributed by atoms with Crippen molar-refractivity contribution < 1.29 is 19.4 Å². The topological polar surface area (TPSA) is 66.8 Å². The number of likely N-dealkylation sites (tertiary alicyclic amines) is 1. The van der Waals surface area contributed by atoms with Gasteiger partial charge in [-0.25, -0.2) is 0 Å².